The van der Waals surface area contributed by atoms with E-state index >= 15 is 0 Å². The van der Waals surface area contributed by atoms with Crippen molar-refractivity contribution in [1.29, 1.82) is 0 Å². The van der Waals surface area contributed by atoms with Crippen molar-refractivity contribution in [3.8, 4) is 0 Å². The van der Waals surface area contributed by atoms with E-state index in [4.69, 9.17) is 0 Å². The van der Waals surface area contributed by atoms with Gasteiger partial charge in [0.25, 0.3) is 5.91 Å². The molecule has 6 nitrogen and oxygen atoms in total. The number of rotatable bonds is 2. The normalized spacial score (nSPS) is 18.4. The molecular weight excluding hydrogens is 290 g/mol. The maximum Gasteiger partial charge on any atom is 0.274 e. The molecule has 6 heteroatoms. The van der Waals surface area contributed by atoms with Gasteiger partial charge in [0.2, 0.25) is 0 Å². The van der Waals surface area contributed by atoms with Gasteiger partial charge in [-0.25, -0.2) is 9.97 Å². The zero-order chi connectivity index (χ0) is 16.6. The second kappa shape index (κ2) is 5.76. The Bertz CT molecular complexity index is 716. The molecule has 0 saturated carbocycles. The van der Waals surface area contributed by atoms with E-state index in [2.05, 4.69) is 40.9 Å². The van der Waals surface area contributed by atoms with Gasteiger partial charge >= 0.3 is 0 Å². The fourth-order valence-electron chi connectivity index (χ4n) is 2.80. The molecule has 1 atom stereocenters. The van der Waals surface area contributed by atoms with Crippen molar-refractivity contribution in [2.45, 2.75) is 45.4 Å². The van der Waals surface area contributed by atoms with Crippen LogP contribution in [0.4, 0.5) is 0 Å². The summed E-state index contributed by atoms with van der Waals surface area (Å²) in [5, 5.41) is 7.17. The predicted octanol–water partition coefficient (Wildman–Crippen LogP) is 2.44. The Labute approximate surface area is 136 Å². The van der Waals surface area contributed by atoms with Crippen LogP contribution in [0.2, 0.25) is 0 Å². The Hall–Kier alpha value is -2.24. The minimum Gasteiger partial charge on any atom is -0.336 e. The highest BCUT2D eigenvalue weighted by atomic mass is 16.2. The van der Waals surface area contributed by atoms with E-state index in [0.29, 0.717) is 12.2 Å². The quantitative estimate of drug-likeness (QED) is 0.924. The first-order valence-corrected chi connectivity index (χ1v) is 7.99. The SMILES string of the molecule is Cc1ccnc([C@H]2CCN(C(=O)c3cc(C(C)(C)C)[nH]n3)C2)n1. The van der Waals surface area contributed by atoms with Gasteiger partial charge in [0.05, 0.1) is 0 Å². The molecule has 1 aliphatic heterocycles. The summed E-state index contributed by atoms with van der Waals surface area (Å²) in [6.07, 6.45) is 2.68. The number of H-pyrrole nitrogens is 1. The molecule has 1 saturated heterocycles. The van der Waals surface area contributed by atoms with Crippen LogP contribution in [0.5, 0.6) is 0 Å². The number of aromatic nitrogens is 4. The van der Waals surface area contributed by atoms with Crippen molar-refractivity contribution in [3.63, 3.8) is 0 Å². The largest absolute Gasteiger partial charge is 0.336 e. The molecule has 122 valence electrons. The van der Waals surface area contributed by atoms with Gasteiger partial charge in [0.15, 0.2) is 0 Å². The standard InChI is InChI=1S/C17H23N5O/c1-11-5-7-18-15(19-11)12-6-8-22(10-12)16(23)13-9-14(21-20-13)17(2,3)4/h5,7,9,12H,6,8,10H2,1-4H3,(H,20,21)/t12-/m0/s1. The Kier molecular flexibility index (Phi) is 3.92. The molecule has 3 heterocycles. The Morgan fingerprint density at radius 2 is 2.17 bits per heavy atom. The summed E-state index contributed by atoms with van der Waals surface area (Å²) >= 11 is 0. The molecule has 2 aromatic heterocycles. The number of aromatic amines is 1. The highest BCUT2D eigenvalue weighted by molar-refractivity contribution is 5.92. The number of carbonyl (C=O) groups is 1. The minimum atomic E-state index is -0.0471. The zero-order valence-corrected chi connectivity index (χ0v) is 14.1. The van der Waals surface area contributed by atoms with E-state index in [1.165, 1.54) is 0 Å². The smallest absolute Gasteiger partial charge is 0.274 e. The van der Waals surface area contributed by atoms with Crippen molar-refractivity contribution in [2.24, 2.45) is 0 Å². The van der Waals surface area contributed by atoms with Crippen LogP contribution in [0.15, 0.2) is 18.3 Å². The van der Waals surface area contributed by atoms with Gasteiger partial charge < -0.3 is 4.90 Å². The second-order valence-corrected chi connectivity index (χ2v) is 7.21. The molecule has 23 heavy (non-hydrogen) atoms. The van der Waals surface area contributed by atoms with Crippen LogP contribution in [0.3, 0.4) is 0 Å². The number of likely N-dealkylation sites (tertiary alicyclic amines) is 1. The summed E-state index contributed by atoms with van der Waals surface area (Å²) in [6, 6.07) is 3.75. The van der Waals surface area contributed by atoms with Gasteiger partial charge in [-0.1, -0.05) is 20.8 Å². The third-order valence-corrected chi connectivity index (χ3v) is 4.26. The lowest BCUT2D eigenvalue weighted by atomic mass is 9.92. The van der Waals surface area contributed by atoms with Crippen LogP contribution >= 0.6 is 0 Å². The maximum atomic E-state index is 12.6. The molecular formula is C17H23N5O. The molecule has 0 unspecified atom stereocenters. The highest BCUT2D eigenvalue weighted by Crippen LogP contribution is 2.26. The summed E-state index contributed by atoms with van der Waals surface area (Å²) in [5.41, 5.74) is 2.37. The Morgan fingerprint density at radius 3 is 2.83 bits per heavy atom. The molecule has 1 fully saturated rings. The molecule has 0 spiro atoms. The van der Waals surface area contributed by atoms with Gasteiger partial charge in [-0.15, -0.1) is 0 Å². The minimum absolute atomic E-state index is 0.0214. The van der Waals surface area contributed by atoms with Crippen LogP contribution in [0, 0.1) is 6.92 Å². The molecule has 1 N–H and O–H groups in total. The Balaban J connectivity index is 1.71. The third-order valence-electron chi connectivity index (χ3n) is 4.26. The van der Waals surface area contributed by atoms with Gasteiger partial charge in [-0.05, 0) is 25.5 Å². The van der Waals surface area contributed by atoms with Crippen LogP contribution in [-0.4, -0.2) is 44.1 Å². The van der Waals surface area contributed by atoms with Crippen molar-refractivity contribution < 1.29 is 4.79 Å². The first-order chi connectivity index (χ1) is 10.8. The second-order valence-electron chi connectivity index (χ2n) is 7.21. The number of aryl methyl sites for hydroxylation is 1. The van der Waals surface area contributed by atoms with Gasteiger partial charge in [0, 0.05) is 42.0 Å². The third kappa shape index (κ3) is 3.25. The summed E-state index contributed by atoms with van der Waals surface area (Å²) in [5.74, 6) is 1.02. The van der Waals surface area contributed by atoms with Crippen molar-refractivity contribution in [2.75, 3.05) is 13.1 Å². The van der Waals surface area contributed by atoms with E-state index in [1.54, 1.807) is 6.20 Å². The fourth-order valence-corrected chi connectivity index (χ4v) is 2.80. The number of hydrogen-bond acceptors (Lipinski definition) is 4. The number of nitrogens with zero attached hydrogens (tertiary/aromatic N) is 4. The van der Waals surface area contributed by atoms with Crippen LogP contribution in [0.1, 0.15) is 60.8 Å². The zero-order valence-electron chi connectivity index (χ0n) is 14.1. The summed E-state index contributed by atoms with van der Waals surface area (Å²) < 4.78 is 0. The lowest BCUT2D eigenvalue weighted by molar-refractivity contribution is 0.0784. The molecule has 0 aliphatic carbocycles. The van der Waals surface area contributed by atoms with Crippen LogP contribution in [0.25, 0.3) is 0 Å². The number of nitrogens with one attached hydrogen (secondary N) is 1. The molecule has 3 rings (SSSR count). The number of amides is 1. The number of hydrogen-bond donors (Lipinski definition) is 1. The van der Waals surface area contributed by atoms with Gasteiger partial charge in [-0.2, -0.15) is 5.10 Å². The molecule has 1 amide bonds. The predicted molar refractivity (Wildman–Crippen MR) is 87.3 cm³/mol. The number of carbonyl (C=O) groups excluding carboxylic acids is 1. The average molecular weight is 313 g/mol. The van der Waals surface area contributed by atoms with Crippen molar-refractivity contribution in [1.82, 2.24) is 25.1 Å². The van der Waals surface area contributed by atoms with Gasteiger partial charge in [-0.3, -0.25) is 9.89 Å². The fraction of sp³-hybridized carbons (Fsp3) is 0.529. The summed E-state index contributed by atoms with van der Waals surface area (Å²) in [6.45, 7) is 9.61. The van der Waals surface area contributed by atoms with E-state index in [1.807, 2.05) is 24.0 Å². The lowest BCUT2D eigenvalue weighted by Crippen LogP contribution is -2.29. The summed E-state index contributed by atoms with van der Waals surface area (Å²) in [4.78, 5) is 23.3. The van der Waals surface area contributed by atoms with E-state index in [0.717, 1.165) is 30.2 Å². The molecule has 0 aromatic carbocycles. The van der Waals surface area contributed by atoms with Crippen LogP contribution in [-0.2, 0) is 5.41 Å². The first kappa shape index (κ1) is 15.6. The van der Waals surface area contributed by atoms with Crippen LogP contribution < -0.4 is 0 Å². The first-order valence-electron chi connectivity index (χ1n) is 7.99. The highest BCUT2D eigenvalue weighted by Gasteiger charge is 2.31. The van der Waals surface area contributed by atoms with Crippen molar-refractivity contribution >= 4 is 5.91 Å². The molecule has 0 bridgehead atoms. The monoisotopic (exact) mass is 313 g/mol. The summed E-state index contributed by atoms with van der Waals surface area (Å²) in [7, 11) is 0. The van der Waals surface area contributed by atoms with E-state index < -0.39 is 0 Å². The molecule has 0 radical (unpaired) electrons. The Morgan fingerprint density at radius 1 is 1.39 bits per heavy atom. The molecule has 1 aliphatic rings. The van der Waals surface area contributed by atoms with Crippen molar-refractivity contribution in [3.05, 3.63) is 41.2 Å². The molecule has 2 aromatic rings. The van der Waals surface area contributed by atoms with E-state index in [-0.39, 0.29) is 17.2 Å². The maximum absolute atomic E-state index is 12.6. The van der Waals surface area contributed by atoms with E-state index in [9.17, 15) is 4.79 Å². The topological polar surface area (TPSA) is 74.8 Å². The van der Waals surface area contributed by atoms with Gasteiger partial charge in [0.1, 0.15) is 11.5 Å². The average Bonchev–Trinajstić information content (AvgIpc) is 3.16. The lowest BCUT2D eigenvalue weighted by Gasteiger charge is -2.15.